The van der Waals surface area contributed by atoms with Gasteiger partial charge in [-0.15, -0.1) is 0 Å². The first kappa shape index (κ1) is 14.8. The maximum Gasteiger partial charge on any atom is 0.0936 e. The average molecular weight is 290 g/mol. The molecule has 2 aliphatic rings. The van der Waals surface area contributed by atoms with Crippen molar-refractivity contribution in [3.63, 3.8) is 0 Å². The molecule has 2 aliphatic heterocycles. The second kappa shape index (κ2) is 7.25. The molecule has 2 heterocycles. The highest BCUT2D eigenvalue weighted by atomic mass is 16.6. The smallest absolute Gasteiger partial charge is 0.0936 e. The molecule has 116 valence electrons. The van der Waals surface area contributed by atoms with Gasteiger partial charge in [-0.1, -0.05) is 18.2 Å². The van der Waals surface area contributed by atoms with Gasteiger partial charge in [0.15, 0.2) is 0 Å². The Balaban J connectivity index is 1.55. The van der Waals surface area contributed by atoms with Crippen LogP contribution in [0.2, 0.25) is 0 Å². The summed E-state index contributed by atoms with van der Waals surface area (Å²) in [4.78, 5) is 5.05. The Kier molecular flexibility index (Phi) is 5.12. The van der Waals surface area contributed by atoms with E-state index in [0.29, 0.717) is 0 Å². The fourth-order valence-electron chi connectivity index (χ4n) is 3.24. The number of hydrogen-bond acceptors (Lipinski definition) is 4. The van der Waals surface area contributed by atoms with E-state index in [-0.39, 0.29) is 6.10 Å². The summed E-state index contributed by atoms with van der Waals surface area (Å²) in [6, 6.07) is 8.69. The highest BCUT2D eigenvalue weighted by Gasteiger charge is 2.21. The Morgan fingerprint density at radius 2 is 2.00 bits per heavy atom. The third kappa shape index (κ3) is 3.96. The summed E-state index contributed by atoms with van der Waals surface area (Å²) in [5.41, 5.74) is 2.76. The van der Waals surface area contributed by atoms with Gasteiger partial charge in [0.2, 0.25) is 0 Å². The zero-order chi connectivity index (χ0) is 14.5. The largest absolute Gasteiger partial charge is 0.376 e. The van der Waals surface area contributed by atoms with Crippen LogP contribution in [0.4, 0.5) is 5.69 Å². The topological polar surface area (TPSA) is 24.9 Å². The summed E-state index contributed by atoms with van der Waals surface area (Å²) >= 11 is 0. The number of aryl methyl sites for hydroxylation is 1. The molecule has 0 spiro atoms. The molecule has 3 rings (SSSR count). The van der Waals surface area contributed by atoms with E-state index in [4.69, 9.17) is 9.47 Å². The monoisotopic (exact) mass is 290 g/mol. The molecular weight excluding hydrogens is 264 g/mol. The molecule has 21 heavy (non-hydrogen) atoms. The number of nitrogens with zero attached hydrogens (tertiary/aromatic N) is 2. The molecule has 1 unspecified atom stereocenters. The molecule has 4 nitrogen and oxygen atoms in total. The molecule has 0 amide bonds. The number of ether oxygens (including phenoxy) is 2. The predicted molar refractivity (Wildman–Crippen MR) is 85.0 cm³/mol. The summed E-state index contributed by atoms with van der Waals surface area (Å²) in [6.07, 6.45) is 1.46. The molecule has 0 aliphatic carbocycles. The van der Waals surface area contributed by atoms with E-state index in [1.54, 1.807) is 0 Å². The summed E-state index contributed by atoms with van der Waals surface area (Å²) < 4.78 is 11.3. The van der Waals surface area contributed by atoms with E-state index in [0.717, 1.165) is 52.5 Å². The molecule has 0 aromatic heterocycles. The van der Waals surface area contributed by atoms with Gasteiger partial charge in [0, 0.05) is 31.9 Å². The van der Waals surface area contributed by atoms with Gasteiger partial charge < -0.3 is 14.4 Å². The Labute approximate surface area is 127 Å². The van der Waals surface area contributed by atoms with Crippen molar-refractivity contribution in [2.45, 2.75) is 19.4 Å². The van der Waals surface area contributed by atoms with Crippen LogP contribution in [0.15, 0.2) is 24.3 Å². The fourth-order valence-corrected chi connectivity index (χ4v) is 3.24. The van der Waals surface area contributed by atoms with Crippen LogP contribution < -0.4 is 4.90 Å². The lowest BCUT2D eigenvalue weighted by molar-refractivity contribution is -0.0970. The van der Waals surface area contributed by atoms with Crippen molar-refractivity contribution in [1.82, 2.24) is 4.90 Å². The van der Waals surface area contributed by atoms with Crippen LogP contribution in [0.25, 0.3) is 0 Å². The first-order valence-electron chi connectivity index (χ1n) is 8.05. The molecule has 4 heteroatoms. The number of hydrogen-bond donors (Lipinski definition) is 0. The fraction of sp³-hybridized carbons (Fsp3) is 0.647. The van der Waals surface area contributed by atoms with Crippen LogP contribution in [0.5, 0.6) is 0 Å². The molecule has 2 saturated heterocycles. The van der Waals surface area contributed by atoms with Crippen molar-refractivity contribution in [2.24, 2.45) is 0 Å². The lowest BCUT2D eigenvalue weighted by atomic mass is 10.2. The van der Waals surface area contributed by atoms with Gasteiger partial charge >= 0.3 is 0 Å². The minimum Gasteiger partial charge on any atom is -0.376 e. The van der Waals surface area contributed by atoms with Gasteiger partial charge in [0.1, 0.15) is 0 Å². The summed E-state index contributed by atoms with van der Waals surface area (Å²) in [5, 5.41) is 0. The zero-order valence-corrected chi connectivity index (χ0v) is 13.0. The SMILES string of the molecule is Cc1ccccc1N1CCCN(CC2COCCO2)CC1. The van der Waals surface area contributed by atoms with Crippen LogP contribution >= 0.6 is 0 Å². The zero-order valence-electron chi connectivity index (χ0n) is 13.0. The summed E-state index contributed by atoms with van der Waals surface area (Å²) in [7, 11) is 0. The molecule has 1 atom stereocenters. The highest BCUT2D eigenvalue weighted by Crippen LogP contribution is 2.21. The van der Waals surface area contributed by atoms with Crippen molar-refractivity contribution in [2.75, 3.05) is 57.4 Å². The second-order valence-corrected chi connectivity index (χ2v) is 6.00. The number of para-hydroxylation sites is 1. The maximum absolute atomic E-state index is 5.77. The minimum atomic E-state index is 0.253. The lowest BCUT2D eigenvalue weighted by Crippen LogP contribution is -2.41. The lowest BCUT2D eigenvalue weighted by Gasteiger charge is -2.29. The minimum absolute atomic E-state index is 0.253. The molecule has 1 aromatic carbocycles. The van der Waals surface area contributed by atoms with E-state index in [2.05, 4.69) is 41.0 Å². The third-order valence-electron chi connectivity index (χ3n) is 4.39. The standard InChI is InChI=1S/C17H26N2O2/c1-15-5-2-3-6-17(15)19-8-4-7-18(9-10-19)13-16-14-20-11-12-21-16/h2-3,5-6,16H,4,7-14H2,1H3. The maximum atomic E-state index is 5.77. The van der Waals surface area contributed by atoms with Crippen LogP contribution in [0.3, 0.4) is 0 Å². The van der Waals surface area contributed by atoms with Gasteiger partial charge in [-0.05, 0) is 31.5 Å². The quantitative estimate of drug-likeness (QED) is 0.849. The van der Waals surface area contributed by atoms with Crippen molar-refractivity contribution < 1.29 is 9.47 Å². The second-order valence-electron chi connectivity index (χ2n) is 6.00. The van der Waals surface area contributed by atoms with Crippen LogP contribution in [0.1, 0.15) is 12.0 Å². The Morgan fingerprint density at radius 3 is 2.81 bits per heavy atom. The molecule has 1 aromatic rings. The first-order valence-corrected chi connectivity index (χ1v) is 8.05. The summed E-state index contributed by atoms with van der Waals surface area (Å²) in [6.45, 7) is 9.94. The van der Waals surface area contributed by atoms with Gasteiger partial charge in [-0.25, -0.2) is 0 Å². The van der Waals surface area contributed by atoms with Crippen molar-refractivity contribution in [3.8, 4) is 0 Å². The van der Waals surface area contributed by atoms with E-state index in [9.17, 15) is 0 Å². The molecule has 0 N–H and O–H groups in total. The predicted octanol–water partition coefficient (Wildman–Crippen LogP) is 1.92. The van der Waals surface area contributed by atoms with E-state index < -0.39 is 0 Å². The Morgan fingerprint density at radius 1 is 1.10 bits per heavy atom. The van der Waals surface area contributed by atoms with E-state index in [1.807, 2.05) is 0 Å². The highest BCUT2D eigenvalue weighted by molar-refractivity contribution is 5.53. The van der Waals surface area contributed by atoms with Gasteiger partial charge in [0.25, 0.3) is 0 Å². The molecule has 0 radical (unpaired) electrons. The molecular formula is C17H26N2O2. The van der Waals surface area contributed by atoms with Gasteiger partial charge in [-0.2, -0.15) is 0 Å². The molecule has 0 saturated carbocycles. The van der Waals surface area contributed by atoms with Crippen molar-refractivity contribution in [3.05, 3.63) is 29.8 Å². The Bertz CT molecular complexity index is 446. The van der Waals surface area contributed by atoms with Gasteiger partial charge in [-0.3, -0.25) is 4.90 Å². The average Bonchev–Trinajstić information content (AvgIpc) is 2.74. The van der Waals surface area contributed by atoms with Crippen LogP contribution in [-0.4, -0.2) is 63.5 Å². The van der Waals surface area contributed by atoms with Crippen molar-refractivity contribution >= 4 is 5.69 Å². The normalized spacial score (nSPS) is 24.8. The van der Waals surface area contributed by atoms with Gasteiger partial charge in [0.05, 0.1) is 25.9 Å². The van der Waals surface area contributed by atoms with E-state index >= 15 is 0 Å². The van der Waals surface area contributed by atoms with Crippen LogP contribution in [0, 0.1) is 6.92 Å². The molecule has 0 bridgehead atoms. The number of benzene rings is 1. The van der Waals surface area contributed by atoms with E-state index in [1.165, 1.54) is 17.7 Å². The first-order chi connectivity index (χ1) is 10.3. The van der Waals surface area contributed by atoms with Crippen LogP contribution in [-0.2, 0) is 9.47 Å². The Hall–Kier alpha value is -1.10. The number of anilines is 1. The summed E-state index contributed by atoms with van der Waals surface area (Å²) in [5.74, 6) is 0. The third-order valence-corrected chi connectivity index (χ3v) is 4.39. The van der Waals surface area contributed by atoms with Crippen molar-refractivity contribution in [1.29, 1.82) is 0 Å². The number of rotatable bonds is 3. The molecule has 2 fully saturated rings.